The predicted molar refractivity (Wildman–Crippen MR) is 82.8 cm³/mol. The molecule has 1 aromatic carbocycles. The minimum Gasteiger partial charge on any atom is -0.444 e. The first kappa shape index (κ1) is 16.6. The fraction of sp³-hybridized carbons (Fsp3) is 0.357. The van der Waals surface area contributed by atoms with Crippen molar-refractivity contribution in [3.63, 3.8) is 0 Å². The number of carbonyl (C=O) groups excluding carboxylic acids is 1. The van der Waals surface area contributed by atoms with Crippen LogP contribution in [0.5, 0.6) is 0 Å². The van der Waals surface area contributed by atoms with Gasteiger partial charge in [-0.25, -0.2) is 4.79 Å². The topological polar surface area (TPSA) is 77.2 Å². The zero-order valence-corrected chi connectivity index (χ0v) is 13.8. The lowest BCUT2D eigenvalue weighted by Crippen LogP contribution is -2.32. The Balaban J connectivity index is 1.99. The summed E-state index contributed by atoms with van der Waals surface area (Å²) < 4.78 is 10.6. The second-order valence-electron chi connectivity index (χ2n) is 5.49. The van der Waals surface area contributed by atoms with Crippen LogP contribution in [-0.2, 0) is 11.3 Å². The van der Waals surface area contributed by atoms with Gasteiger partial charge in [-0.15, -0.1) is 10.2 Å². The number of ether oxygens (including phenoxy) is 1. The van der Waals surface area contributed by atoms with E-state index < -0.39 is 11.7 Å². The number of hydrogen-bond acceptors (Lipinski definition) is 5. The lowest BCUT2D eigenvalue weighted by molar-refractivity contribution is 0.0519. The number of hydrogen-bond donors (Lipinski definition) is 1. The van der Waals surface area contributed by atoms with Gasteiger partial charge in [0.25, 0.3) is 0 Å². The molecule has 1 amide bonds. The van der Waals surface area contributed by atoms with Crippen LogP contribution in [0.1, 0.15) is 26.7 Å². The summed E-state index contributed by atoms with van der Waals surface area (Å²) in [7, 11) is 0. The van der Waals surface area contributed by atoms with Gasteiger partial charge in [0.1, 0.15) is 5.60 Å². The molecule has 2 rings (SSSR count). The number of rotatable bonds is 3. The molecule has 0 bridgehead atoms. The number of benzene rings is 1. The van der Waals surface area contributed by atoms with Crippen molar-refractivity contribution in [3.05, 3.63) is 34.1 Å². The molecule has 0 fully saturated rings. The normalized spacial score (nSPS) is 11.3. The zero-order chi connectivity index (χ0) is 16.3. The molecular formula is C14H15Cl2N3O3. The molecule has 0 saturated carbocycles. The molecule has 0 aliphatic heterocycles. The van der Waals surface area contributed by atoms with Crippen molar-refractivity contribution >= 4 is 29.3 Å². The summed E-state index contributed by atoms with van der Waals surface area (Å²) in [5.41, 5.74) is 0.0786. The van der Waals surface area contributed by atoms with Gasteiger partial charge in [0.15, 0.2) is 0 Å². The second-order valence-corrected chi connectivity index (χ2v) is 6.30. The van der Waals surface area contributed by atoms with Crippen molar-refractivity contribution in [3.8, 4) is 11.5 Å². The number of halogens is 2. The molecule has 22 heavy (non-hydrogen) atoms. The molecule has 0 aliphatic rings. The summed E-state index contributed by atoms with van der Waals surface area (Å²) >= 11 is 11.8. The molecule has 0 unspecified atom stereocenters. The van der Waals surface area contributed by atoms with Crippen molar-refractivity contribution < 1.29 is 13.9 Å². The van der Waals surface area contributed by atoms with E-state index in [0.717, 1.165) is 0 Å². The highest BCUT2D eigenvalue weighted by Crippen LogP contribution is 2.27. The van der Waals surface area contributed by atoms with Crippen molar-refractivity contribution in [2.24, 2.45) is 0 Å². The third kappa shape index (κ3) is 4.61. The highest BCUT2D eigenvalue weighted by molar-refractivity contribution is 6.42. The van der Waals surface area contributed by atoms with Crippen LogP contribution in [0.15, 0.2) is 22.6 Å². The number of nitrogens with one attached hydrogen (secondary N) is 1. The van der Waals surface area contributed by atoms with E-state index in [1.165, 1.54) is 0 Å². The Morgan fingerprint density at radius 1 is 1.27 bits per heavy atom. The Kier molecular flexibility index (Phi) is 4.93. The Morgan fingerprint density at radius 3 is 2.64 bits per heavy atom. The van der Waals surface area contributed by atoms with Crippen LogP contribution in [0.2, 0.25) is 10.0 Å². The van der Waals surface area contributed by atoms with Crippen LogP contribution in [-0.4, -0.2) is 21.9 Å². The van der Waals surface area contributed by atoms with Gasteiger partial charge in [-0.05, 0) is 39.0 Å². The molecule has 1 heterocycles. The van der Waals surface area contributed by atoms with E-state index in [2.05, 4.69) is 15.5 Å². The molecule has 0 radical (unpaired) electrons. The van der Waals surface area contributed by atoms with E-state index in [9.17, 15) is 4.79 Å². The first-order chi connectivity index (χ1) is 10.2. The molecule has 0 spiro atoms. The SMILES string of the molecule is CC(C)(C)OC(=O)NCc1nnc(-c2ccc(Cl)c(Cl)c2)o1. The monoisotopic (exact) mass is 343 g/mol. The fourth-order valence-electron chi connectivity index (χ4n) is 1.53. The molecule has 1 aromatic heterocycles. The Labute approximate surface area is 137 Å². The zero-order valence-electron chi connectivity index (χ0n) is 12.3. The third-order valence-electron chi connectivity index (χ3n) is 2.42. The number of carbonyl (C=O) groups is 1. The Morgan fingerprint density at radius 2 is 2.00 bits per heavy atom. The van der Waals surface area contributed by atoms with Gasteiger partial charge in [-0.2, -0.15) is 0 Å². The summed E-state index contributed by atoms with van der Waals surface area (Å²) in [5.74, 6) is 0.548. The van der Waals surface area contributed by atoms with Gasteiger partial charge in [0, 0.05) is 5.56 Å². The summed E-state index contributed by atoms with van der Waals surface area (Å²) in [6.45, 7) is 5.41. The van der Waals surface area contributed by atoms with E-state index in [-0.39, 0.29) is 12.4 Å². The van der Waals surface area contributed by atoms with E-state index in [4.69, 9.17) is 32.4 Å². The Hall–Kier alpha value is -1.79. The van der Waals surface area contributed by atoms with Crippen molar-refractivity contribution in [2.45, 2.75) is 32.9 Å². The van der Waals surface area contributed by atoms with Crippen LogP contribution in [0, 0.1) is 0 Å². The highest BCUT2D eigenvalue weighted by Gasteiger charge is 2.17. The van der Waals surface area contributed by atoms with Gasteiger partial charge in [0.05, 0.1) is 16.6 Å². The first-order valence-electron chi connectivity index (χ1n) is 6.49. The minimum absolute atomic E-state index is 0.0727. The maximum Gasteiger partial charge on any atom is 0.408 e. The van der Waals surface area contributed by atoms with E-state index in [0.29, 0.717) is 21.5 Å². The maximum absolute atomic E-state index is 11.5. The number of nitrogens with zero attached hydrogens (tertiary/aromatic N) is 2. The average Bonchev–Trinajstić information content (AvgIpc) is 2.86. The summed E-state index contributed by atoms with van der Waals surface area (Å²) in [4.78, 5) is 11.5. The third-order valence-corrected chi connectivity index (χ3v) is 3.16. The lowest BCUT2D eigenvalue weighted by atomic mass is 10.2. The van der Waals surface area contributed by atoms with E-state index in [1.54, 1.807) is 39.0 Å². The quantitative estimate of drug-likeness (QED) is 0.908. The second kappa shape index (κ2) is 6.54. The smallest absolute Gasteiger partial charge is 0.408 e. The molecule has 0 saturated heterocycles. The number of amides is 1. The van der Waals surface area contributed by atoms with Gasteiger partial charge in [0.2, 0.25) is 11.8 Å². The number of alkyl carbamates (subject to hydrolysis) is 1. The molecule has 118 valence electrons. The summed E-state index contributed by atoms with van der Waals surface area (Å²) in [6.07, 6.45) is -0.554. The van der Waals surface area contributed by atoms with Crippen LogP contribution in [0.3, 0.4) is 0 Å². The molecule has 0 aliphatic carbocycles. The first-order valence-corrected chi connectivity index (χ1v) is 7.25. The molecule has 1 N–H and O–H groups in total. The van der Waals surface area contributed by atoms with Gasteiger partial charge in [-0.3, -0.25) is 0 Å². The molecule has 6 nitrogen and oxygen atoms in total. The van der Waals surface area contributed by atoms with Crippen LogP contribution in [0.25, 0.3) is 11.5 Å². The molecule has 0 atom stereocenters. The largest absolute Gasteiger partial charge is 0.444 e. The van der Waals surface area contributed by atoms with Gasteiger partial charge >= 0.3 is 6.09 Å². The average molecular weight is 344 g/mol. The van der Waals surface area contributed by atoms with Gasteiger partial charge < -0.3 is 14.5 Å². The summed E-state index contributed by atoms with van der Waals surface area (Å²) in [6, 6.07) is 4.98. The summed E-state index contributed by atoms with van der Waals surface area (Å²) in [5, 5.41) is 11.1. The Bertz CT molecular complexity index is 680. The number of aromatic nitrogens is 2. The van der Waals surface area contributed by atoms with Crippen molar-refractivity contribution in [1.29, 1.82) is 0 Å². The van der Waals surface area contributed by atoms with Crippen LogP contribution in [0.4, 0.5) is 4.79 Å². The van der Waals surface area contributed by atoms with Crippen LogP contribution < -0.4 is 5.32 Å². The van der Waals surface area contributed by atoms with Crippen molar-refractivity contribution in [1.82, 2.24) is 15.5 Å². The van der Waals surface area contributed by atoms with Gasteiger partial charge in [-0.1, -0.05) is 23.2 Å². The predicted octanol–water partition coefficient (Wildman–Crippen LogP) is 4.07. The standard InChI is InChI=1S/C14H15Cl2N3O3/c1-14(2,3)22-13(20)17-7-11-18-19-12(21-11)8-4-5-9(15)10(16)6-8/h4-6H,7H2,1-3H3,(H,17,20). The highest BCUT2D eigenvalue weighted by atomic mass is 35.5. The minimum atomic E-state index is -0.565. The van der Waals surface area contributed by atoms with E-state index >= 15 is 0 Å². The van der Waals surface area contributed by atoms with E-state index in [1.807, 2.05) is 0 Å². The lowest BCUT2D eigenvalue weighted by Gasteiger charge is -2.19. The van der Waals surface area contributed by atoms with Crippen LogP contribution >= 0.6 is 23.2 Å². The molecule has 8 heteroatoms. The van der Waals surface area contributed by atoms with Crippen molar-refractivity contribution in [2.75, 3.05) is 0 Å². The maximum atomic E-state index is 11.5. The molecule has 2 aromatic rings. The molecular weight excluding hydrogens is 329 g/mol. The fourth-order valence-corrected chi connectivity index (χ4v) is 1.83.